The second-order valence-corrected chi connectivity index (χ2v) is 4.26. The lowest BCUT2D eigenvalue weighted by molar-refractivity contribution is 0.294. The summed E-state index contributed by atoms with van der Waals surface area (Å²) in [6, 6.07) is 3.60. The van der Waals surface area contributed by atoms with Crippen molar-refractivity contribution in [3.8, 4) is 11.5 Å². The molecule has 0 atom stereocenters. The molecular formula is C13H22BNO4. The Hall–Kier alpha value is -1.24. The van der Waals surface area contributed by atoms with Crippen LogP contribution >= 0.6 is 0 Å². The van der Waals surface area contributed by atoms with Gasteiger partial charge in [0.2, 0.25) is 0 Å². The minimum absolute atomic E-state index is 0.323. The largest absolute Gasteiger partial charge is 0.493 e. The number of ether oxygens (including phenoxy) is 2. The average molecular weight is 267 g/mol. The standard InChI is InChI=1S/C13H22BNO4/c1-5-15(6-2)9-10-7-11(14(16)17)13(19-4)12(8-10)18-3/h7-8,16-17H,5-6,9H2,1-4H3. The molecule has 1 rings (SSSR count). The summed E-state index contributed by atoms with van der Waals surface area (Å²) in [5, 5.41) is 18.9. The van der Waals surface area contributed by atoms with Crippen LogP contribution in [-0.4, -0.2) is 49.4 Å². The van der Waals surface area contributed by atoms with E-state index in [9.17, 15) is 10.0 Å². The van der Waals surface area contributed by atoms with Crippen molar-refractivity contribution < 1.29 is 19.5 Å². The molecule has 0 saturated heterocycles. The van der Waals surface area contributed by atoms with Gasteiger partial charge in [0.1, 0.15) is 0 Å². The van der Waals surface area contributed by atoms with Crippen LogP contribution < -0.4 is 14.9 Å². The van der Waals surface area contributed by atoms with Gasteiger partial charge in [-0.05, 0) is 24.7 Å². The van der Waals surface area contributed by atoms with E-state index in [0.717, 1.165) is 25.2 Å². The summed E-state index contributed by atoms with van der Waals surface area (Å²) in [6.07, 6.45) is 0. The topological polar surface area (TPSA) is 62.2 Å². The van der Waals surface area contributed by atoms with Gasteiger partial charge in [0.25, 0.3) is 0 Å². The van der Waals surface area contributed by atoms with Gasteiger partial charge >= 0.3 is 7.12 Å². The number of rotatable bonds is 7. The minimum Gasteiger partial charge on any atom is -0.493 e. The van der Waals surface area contributed by atoms with E-state index >= 15 is 0 Å². The summed E-state index contributed by atoms with van der Waals surface area (Å²) in [5.74, 6) is 0.871. The van der Waals surface area contributed by atoms with Gasteiger partial charge in [0, 0.05) is 12.0 Å². The van der Waals surface area contributed by atoms with Crippen molar-refractivity contribution in [1.29, 1.82) is 0 Å². The van der Waals surface area contributed by atoms with E-state index in [1.165, 1.54) is 14.2 Å². The zero-order valence-electron chi connectivity index (χ0n) is 12.0. The van der Waals surface area contributed by atoms with Crippen molar-refractivity contribution >= 4 is 12.6 Å². The third kappa shape index (κ3) is 3.86. The van der Waals surface area contributed by atoms with Crippen LogP contribution in [-0.2, 0) is 6.54 Å². The maximum Gasteiger partial charge on any atom is 0.492 e. The van der Waals surface area contributed by atoms with Crippen molar-refractivity contribution in [2.45, 2.75) is 20.4 Å². The fourth-order valence-corrected chi connectivity index (χ4v) is 2.04. The van der Waals surface area contributed by atoms with Crippen LogP contribution in [0.5, 0.6) is 11.5 Å². The Morgan fingerprint density at radius 1 is 1.11 bits per heavy atom. The fraction of sp³-hybridized carbons (Fsp3) is 0.538. The molecule has 0 aliphatic carbocycles. The van der Waals surface area contributed by atoms with Crippen molar-refractivity contribution in [3.05, 3.63) is 17.7 Å². The first-order valence-corrected chi connectivity index (χ1v) is 6.40. The Balaban J connectivity index is 3.16. The van der Waals surface area contributed by atoms with Crippen LogP contribution in [0.25, 0.3) is 0 Å². The second-order valence-electron chi connectivity index (χ2n) is 4.26. The van der Waals surface area contributed by atoms with Gasteiger partial charge in [0.05, 0.1) is 14.2 Å². The third-order valence-corrected chi connectivity index (χ3v) is 3.15. The molecule has 0 spiro atoms. The Morgan fingerprint density at radius 3 is 2.16 bits per heavy atom. The van der Waals surface area contributed by atoms with Gasteiger partial charge in [-0.1, -0.05) is 19.9 Å². The molecule has 6 heteroatoms. The summed E-state index contributed by atoms with van der Waals surface area (Å²) >= 11 is 0. The number of nitrogens with zero attached hydrogens (tertiary/aromatic N) is 1. The van der Waals surface area contributed by atoms with Crippen LogP contribution in [0.2, 0.25) is 0 Å². The molecular weight excluding hydrogens is 245 g/mol. The number of hydrogen-bond acceptors (Lipinski definition) is 5. The van der Waals surface area contributed by atoms with Gasteiger partial charge in [-0.15, -0.1) is 0 Å². The lowest BCUT2D eigenvalue weighted by atomic mass is 9.78. The van der Waals surface area contributed by atoms with Crippen molar-refractivity contribution in [2.75, 3.05) is 27.3 Å². The molecule has 0 aliphatic rings. The Morgan fingerprint density at radius 2 is 1.74 bits per heavy atom. The lowest BCUT2D eigenvalue weighted by Gasteiger charge is -2.20. The highest BCUT2D eigenvalue weighted by Gasteiger charge is 2.22. The fourth-order valence-electron chi connectivity index (χ4n) is 2.04. The summed E-state index contributed by atoms with van der Waals surface area (Å²) in [7, 11) is 1.43. The summed E-state index contributed by atoms with van der Waals surface area (Å²) < 4.78 is 10.4. The maximum absolute atomic E-state index is 9.43. The van der Waals surface area contributed by atoms with Gasteiger partial charge in [-0.2, -0.15) is 0 Å². The maximum atomic E-state index is 9.43. The third-order valence-electron chi connectivity index (χ3n) is 3.15. The van der Waals surface area contributed by atoms with E-state index in [1.54, 1.807) is 6.07 Å². The van der Waals surface area contributed by atoms with Gasteiger partial charge in [0.15, 0.2) is 11.5 Å². The van der Waals surface area contributed by atoms with E-state index in [-0.39, 0.29) is 0 Å². The van der Waals surface area contributed by atoms with E-state index in [2.05, 4.69) is 18.7 Å². The molecule has 0 radical (unpaired) electrons. The van der Waals surface area contributed by atoms with E-state index in [0.29, 0.717) is 17.0 Å². The molecule has 1 aromatic rings. The predicted molar refractivity (Wildman–Crippen MR) is 76.0 cm³/mol. The highest BCUT2D eigenvalue weighted by Crippen LogP contribution is 2.26. The molecule has 0 heterocycles. The average Bonchev–Trinajstić information content (AvgIpc) is 2.43. The molecule has 0 unspecified atom stereocenters. The first kappa shape index (κ1) is 15.8. The van der Waals surface area contributed by atoms with Crippen molar-refractivity contribution in [2.24, 2.45) is 0 Å². The number of methoxy groups -OCH3 is 2. The first-order chi connectivity index (χ1) is 9.07. The van der Waals surface area contributed by atoms with Crippen LogP contribution in [0.3, 0.4) is 0 Å². The molecule has 0 aliphatic heterocycles. The first-order valence-electron chi connectivity index (χ1n) is 6.40. The molecule has 0 bridgehead atoms. The molecule has 106 valence electrons. The van der Waals surface area contributed by atoms with Crippen LogP contribution in [0.1, 0.15) is 19.4 Å². The summed E-state index contributed by atoms with van der Waals surface area (Å²) in [4.78, 5) is 2.23. The molecule has 0 fully saturated rings. The molecule has 0 saturated carbocycles. The monoisotopic (exact) mass is 267 g/mol. The van der Waals surface area contributed by atoms with Gasteiger partial charge in [-0.3, -0.25) is 4.90 Å². The number of benzene rings is 1. The molecule has 19 heavy (non-hydrogen) atoms. The van der Waals surface area contributed by atoms with Crippen molar-refractivity contribution in [3.63, 3.8) is 0 Å². The van der Waals surface area contributed by atoms with Gasteiger partial charge < -0.3 is 19.5 Å². The molecule has 0 amide bonds. The van der Waals surface area contributed by atoms with Crippen LogP contribution in [0.4, 0.5) is 0 Å². The lowest BCUT2D eigenvalue weighted by Crippen LogP contribution is -2.32. The zero-order valence-corrected chi connectivity index (χ0v) is 12.0. The Labute approximate surface area is 114 Å². The highest BCUT2D eigenvalue weighted by atomic mass is 16.5. The Bertz CT molecular complexity index is 408. The highest BCUT2D eigenvalue weighted by molar-refractivity contribution is 6.60. The molecule has 2 N–H and O–H groups in total. The second kappa shape index (κ2) is 7.38. The van der Waals surface area contributed by atoms with Crippen LogP contribution in [0, 0.1) is 0 Å². The SMILES string of the molecule is CCN(CC)Cc1cc(OC)c(OC)c(B(O)O)c1. The summed E-state index contributed by atoms with van der Waals surface area (Å²) in [5.41, 5.74) is 1.29. The smallest absolute Gasteiger partial charge is 0.492 e. The summed E-state index contributed by atoms with van der Waals surface area (Å²) in [6.45, 7) is 6.77. The molecule has 0 aromatic heterocycles. The zero-order chi connectivity index (χ0) is 14.4. The van der Waals surface area contributed by atoms with Crippen molar-refractivity contribution in [1.82, 2.24) is 4.90 Å². The quantitative estimate of drug-likeness (QED) is 0.692. The molecule has 1 aromatic carbocycles. The van der Waals surface area contributed by atoms with Gasteiger partial charge in [-0.25, -0.2) is 0 Å². The number of hydrogen-bond donors (Lipinski definition) is 2. The molecule has 5 nitrogen and oxygen atoms in total. The predicted octanol–water partition coefficient (Wildman–Crippen LogP) is 0.225. The van der Waals surface area contributed by atoms with E-state index in [4.69, 9.17) is 9.47 Å². The van der Waals surface area contributed by atoms with E-state index in [1.807, 2.05) is 6.07 Å². The minimum atomic E-state index is -1.58. The normalized spacial score (nSPS) is 10.7. The van der Waals surface area contributed by atoms with Crippen LogP contribution in [0.15, 0.2) is 12.1 Å². The Kier molecular flexibility index (Phi) is 6.14. The van der Waals surface area contributed by atoms with E-state index < -0.39 is 7.12 Å².